The molecule has 0 bridgehead atoms. The molecule has 1 aromatic rings. The number of carbonyl (C=O) groups excluding carboxylic acids is 1. The fourth-order valence-corrected chi connectivity index (χ4v) is 1.57. The van der Waals surface area contributed by atoms with Crippen LogP contribution in [0.1, 0.15) is 23.6 Å². The molecule has 1 aliphatic rings. The number of rotatable bonds is 3. The van der Waals surface area contributed by atoms with E-state index < -0.39 is 0 Å². The summed E-state index contributed by atoms with van der Waals surface area (Å²) in [6.45, 7) is 0.636. The van der Waals surface area contributed by atoms with Crippen LogP contribution in [0.3, 0.4) is 0 Å². The molecule has 3 nitrogen and oxygen atoms in total. The molecule has 1 unspecified atom stereocenters. The monoisotopic (exact) mass is 191 g/mol. The number of hydrogen-bond donors (Lipinski definition) is 1. The van der Waals surface area contributed by atoms with E-state index in [4.69, 9.17) is 4.74 Å². The molecule has 1 aliphatic heterocycles. The van der Waals surface area contributed by atoms with Crippen molar-refractivity contribution >= 4 is 5.91 Å². The first-order valence-electron chi connectivity index (χ1n) is 4.67. The van der Waals surface area contributed by atoms with Gasteiger partial charge in [0.15, 0.2) is 0 Å². The van der Waals surface area contributed by atoms with E-state index in [2.05, 4.69) is 5.32 Å². The predicted octanol–water partition coefficient (Wildman–Crippen LogP) is 1.39. The molecular weight excluding hydrogens is 178 g/mol. The van der Waals surface area contributed by atoms with Gasteiger partial charge in [-0.2, -0.15) is 0 Å². The quantitative estimate of drug-likeness (QED) is 0.733. The average molecular weight is 191 g/mol. The summed E-state index contributed by atoms with van der Waals surface area (Å²) in [7, 11) is 1.68. The van der Waals surface area contributed by atoms with Gasteiger partial charge in [-0.3, -0.25) is 4.79 Å². The largest absolute Gasteiger partial charge is 0.380 e. The van der Waals surface area contributed by atoms with E-state index in [0.717, 1.165) is 5.56 Å². The number of amides is 1. The molecule has 0 spiro atoms. The summed E-state index contributed by atoms with van der Waals surface area (Å²) in [5.41, 5.74) is 2.33. The van der Waals surface area contributed by atoms with E-state index in [1.54, 1.807) is 7.11 Å². The zero-order chi connectivity index (χ0) is 9.97. The van der Waals surface area contributed by atoms with E-state index in [1.165, 1.54) is 5.56 Å². The molecule has 0 saturated carbocycles. The summed E-state index contributed by atoms with van der Waals surface area (Å²) < 4.78 is 5.02. The molecule has 14 heavy (non-hydrogen) atoms. The molecule has 1 N–H and O–H groups in total. The second-order valence-electron chi connectivity index (χ2n) is 3.50. The van der Waals surface area contributed by atoms with Crippen LogP contribution in [0.25, 0.3) is 0 Å². The van der Waals surface area contributed by atoms with Gasteiger partial charge >= 0.3 is 0 Å². The molecule has 0 aromatic heterocycles. The van der Waals surface area contributed by atoms with Gasteiger partial charge in [-0.15, -0.1) is 0 Å². The van der Waals surface area contributed by atoms with Crippen molar-refractivity contribution in [1.82, 2.24) is 5.32 Å². The molecule has 0 radical (unpaired) electrons. The highest BCUT2D eigenvalue weighted by Gasteiger charge is 2.26. The third-order valence-electron chi connectivity index (χ3n) is 2.42. The minimum Gasteiger partial charge on any atom is -0.380 e. The van der Waals surface area contributed by atoms with Crippen LogP contribution in [0.2, 0.25) is 0 Å². The van der Waals surface area contributed by atoms with Crippen LogP contribution in [-0.2, 0) is 16.1 Å². The Labute approximate surface area is 83.1 Å². The zero-order valence-electron chi connectivity index (χ0n) is 8.12. The van der Waals surface area contributed by atoms with Crippen molar-refractivity contribution in [2.24, 2.45) is 0 Å². The lowest BCUT2D eigenvalue weighted by molar-refractivity contribution is -0.128. The maximum atomic E-state index is 10.7. The van der Waals surface area contributed by atoms with Gasteiger partial charge in [0, 0.05) is 7.11 Å². The number of ether oxygens (including phenoxy) is 1. The van der Waals surface area contributed by atoms with Gasteiger partial charge in [0.25, 0.3) is 0 Å². The Morgan fingerprint density at radius 3 is 2.57 bits per heavy atom. The molecule has 3 heteroatoms. The van der Waals surface area contributed by atoms with Gasteiger partial charge in [-0.1, -0.05) is 24.3 Å². The standard InChI is InChI=1S/C11H13NO2/c1-14-7-8-2-4-9(5-3-8)10-6-11(13)12-10/h2-5,10H,6-7H2,1H3,(H,12,13). The SMILES string of the molecule is COCc1ccc(C2CC(=O)N2)cc1. The molecular formula is C11H13NO2. The van der Waals surface area contributed by atoms with E-state index in [-0.39, 0.29) is 11.9 Å². The number of benzene rings is 1. The van der Waals surface area contributed by atoms with E-state index in [9.17, 15) is 4.79 Å². The summed E-state index contributed by atoms with van der Waals surface area (Å²) in [6.07, 6.45) is 0.615. The number of β-lactam (4-membered cyclic amide) rings is 1. The Morgan fingerprint density at radius 2 is 2.07 bits per heavy atom. The van der Waals surface area contributed by atoms with Crippen molar-refractivity contribution in [3.8, 4) is 0 Å². The number of hydrogen-bond acceptors (Lipinski definition) is 2. The minimum absolute atomic E-state index is 0.135. The van der Waals surface area contributed by atoms with E-state index in [1.807, 2.05) is 24.3 Å². The summed E-state index contributed by atoms with van der Waals surface area (Å²) >= 11 is 0. The first-order valence-corrected chi connectivity index (χ1v) is 4.67. The van der Waals surface area contributed by atoms with Crippen LogP contribution in [-0.4, -0.2) is 13.0 Å². The van der Waals surface area contributed by atoms with Crippen molar-refractivity contribution < 1.29 is 9.53 Å². The Hall–Kier alpha value is -1.35. The lowest BCUT2D eigenvalue weighted by atomic mass is 9.96. The van der Waals surface area contributed by atoms with Crippen LogP contribution < -0.4 is 5.32 Å². The molecule has 1 aromatic carbocycles. The van der Waals surface area contributed by atoms with Gasteiger partial charge in [-0.05, 0) is 11.1 Å². The fourth-order valence-electron chi connectivity index (χ4n) is 1.57. The maximum Gasteiger partial charge on any atom is 0.222 e. The first kappa shape index (κ1) is 9.21. The van der Waals surface area contributed by atoms with Crippen LogP contribution in [0.4, 0.5) is 0 Å². The van der Waals surface area contributed by atoms with Crippen molar-refractivity contribution in [3.63, 3.8) is 0 Å². The number of carbonyl (C=O) groups is 1. The van der Waals surface area contributed by atoms with Crippen LogP contribution in [0, 0.1) is 0 Å². The lowest BCUT2D eigenvalue weighted by Crippen LogP contribution is -2.41. The van der Waals surface area contributed by atoms with Crippen LogP contribution in [0.5, 0.6) is 0 Å². The van der Waals surface area contributed by atoms with Gasteiger partial charge in [0.05, 0.1) is 19.1 Å². The molecule has 1 saturated heterocycles. The lowest BCUT2D eigenvalue weighted by Gasteiger charge is -2.27. The average Bonchev–Trinajstić information content (AvgIpc) is 2.15. The second-order valence-corrected chi connectivity index (χ2v) is 3.50. The van der Waals surface area contributed by atoms with Crippen molar-refractivity contribution in [3.05, 3.63) is 35.4 Å². The van der Waals surface area contributed by atoms with Crippen molar-refractivity contribution in [2.75, 3.05) is 7.11 Å². The molecule has 0 aliphatic carbocycles. The third-order valence-corrected chi connectivity index (χ3v) is 2.42. The Morgan fingerprint density at radius 1 is 1.43 bits per heavy atom. The van der Waals surface area contributed by atoms with Crippen molar-refractivity contribution in [1.29, 1.82) is 0 Å². The predicted molar refractivity (Wildman–Crippen MR) is 52.7 cm³/mol. The number of methoxy groups -OCH3 is 1. The second kappa shape index (κ2) is 3.80. The van der Waals surface area contributed by atoms with Gasteiger partial charge in [-0.25, -0.2) is 0 Å². The summed E-state index contributed by atoms with van der Waals surface area (Å²) in [5.74, 6) is 0.135. The smallest absolute Gasteiger partial charge is 0.222 e. The Bertz CT molecular complexity index is 324. The summed E-state index contributed by atoms with van der Waals surface area (Å²) in [6, 6.07) is 8.36. The molecule has 74 valence electrons. The van der Waals surface area contributed by atoms with Gasteiger partial charge in [0.1, 0.15) is 0 Å². The van der Waals surface area contributed by atoms with Gasteiger partial charge in [0.2, 0.25) is 5.91 Å². The molecule has 2 rings (SSSR count). The minimum atomic E-state index is 0.135. The third kappa shape index (κ3) is 1.77. The van der Waals surface area contributed by atoms with E-state index in [0.29, 0.717) is 13.0 Å². The topological polar surface area (TPSA) is 38.3 Å². The molecule has 1 amide bonds. The molecule has 1 atom stereocenters. The van der Waals surface area contributed by atoms with E-state index >= 15 is 0 Å². The van der Waals surface area contributed by atoms with Crippen LogP contribution >= 0.6 is 0 Å². The first-order chi connectivity index (χ1) is 6.79. The molecule has 1 heterocycles. The highest BCUT2D eigenvalue weighted by atomic mass is 16.5. The highest BCUT2D eigenvalue weighted by molar-refractivity contribution is 5.83. The fraction of sp³-hybridized carbons (Fsp3) is 0.364. The maximum absolute atomic E-state index is 10.7. The Balaban J connectivity index is 2.03. The summed E-state index contributed by atoms with van der Waals surface area (Å²) in [5, 5.41) is 2.84. The number of nitrogens with one attached hydrogen (secondary N) is 1. The Kier molecular flexibility index (Phi) is 2.50. The highest BCUT2D eigenvalue weighted by Crippen LogP contribution is 2.23. The van der Waals surface area contributed by atoms with Crippen molar-refractivity contribution in [2.45, 2.75) is 19.1 Å². The van der Waals surface area contributed by atoms with Crippen LogP contribution in [0.15, 0.2) is 24.3 Å². The molecule has 1 fully saturated rings. The van der Waals surface area contributed by atoms with Gasteiger partial charge < -0.3 is 10.1 Å². The normalized spacial score (nSPS) is 20.1. The zero-order valence-corrected chi connectivity index (χ0v) is 8.12. The summed E-state index contributed by atoms with van der Waals surface area (Å²) in [4.78, 5) is 10.7.